The maximum atomic E-state index is 13.3. The zero-order valence-electron chi connectivity index (χ0n) is 20.7. The Balaban J connectivity index is 1.56. The van der Waals surface area contributed by atoms with E-state index in [1.807, 2.05) is 75.4 Å². The Morgan fingerprint density at radius 3 is 2.36 bits per heavy atom. The van der Waals surface area contributed by atoms with Crippen LogP contribution in [0, 0.1) is 6.92 Å². The first-order chi connectivity index (χ1) is 17.3. The number of carbonyl (C=O) groups is 3. The van der Waals surface area contributed by atoms with Crippen LogP contribution in [0.2, 0.25) is 0 Å². The number of hydrogen-bond acceptors (Lipinski definition) is 4. The van der Waals surface area contributed by atoms with Gasteiger partial charge >= 0.3 is 6.09 Å². The summed E-state index contributed by atoms with van der Waals surface area (Å²) in [7, 11) is 0. The minimum atomic E-state index is -0.850. The Morgan fingerprint density at radius 1 is 0.944 bits per heavy atom. The van der Waals surface area contributed by atoms with Crippen molar-refractivity contribution in [2.24, 2.45) is 0 Å². The molecule has 3 aromatic carbocycles. The number of carbonyl (C=O) groups excluding carboxylic acids is 3. The molecule has 2 N–H and O–H groups in total. The number of ether oxygens (including phenoxy) is 1. The van der Waals surface area contributed by atoms with Gasteiger partial charge in [-0.2, -0.15) is 0 Å². The third-order valence-electron chi connectivity index (χ3n) is 5.96. The summed E-state index contributed by atoms with van der Waals surface area (Å²) in [5.74, 6) is -0.441. The lowest BCUT2D eigenvalue weighted by atomic mass is 9.99. The highest BCUT2D eigenvalue weighted by atomic mass is 16.6. The van der Waals surface area contributed by atoms with Crippen molar-refractivity contribution in [3.8, 4) is 0 Å². The molecule has 36 heavy (non-hydrogen) atoms. The molecule has 1 heterocycles. The summed E-state index contributed by atoms with van der Waals surface area (Å²) in [4.78, 5) is 40.2. The molecule has 1 fully saturated rings. The van der Waals surface area contributed by atoms with Crippen LogP contribution in [0.1, 0.15) is 42.2 Å². The van der Waals surface area contributed by atoms with Crippen molar-refractivity contribution in [1.82, 2.24) is 10.2 Å². The van der Waals surface area contributed by atoms with E-state index in [0.29, 0.717) is 11.3 Å². The number of rotatable bonds is 8. The number of cyclic esters (lactones) is 1. The summed E-state index contributed by atoms with van der Waals surface area (Å²) in [6.07, 6.45) is -1.12. The van der Waals surface area contributed by atoms with Crippen LogP contribution in [0.4, 0.5) is 10.5 Å². The number of benzene rings is 3. The molecule has 0 saturated carbocycles. The van der Waals surface area contributed by atoms with Crippen LogP contribution in [0.5, 0.6) is 0 Å². The Bertz CT molecular complexity index is 1220. The van der Waals surface area contributed by atoms with Crippen molar-refractivity contribution in [3.63, 3.8) is 0 Å². The van der Waals surface area contributed by atoms with Gasteiger partial charge in [-0.05, 0) is 49.6 Å². The van der Waals surface area contributed by atoms with Gasteiger partial charge < -0.3 is 15.4 Å². The Hall–Kier alpha value is -4.13. The number of anilines is 1. The average Bonchev–Trinajstić information content (AvgIpc) is 3.17. The van der Waals surface area contributed by atoms with Crippen molar-refractivity contribution in [3.05, 3.63) is 101 Å². The van der Waals surface area contributed by atoms with Crippen LogP contribution in [-0.4, -0.2) is 34.9 Å². The van der Waals surface area contributed by atoms with E-state index in [-0.39, 0.29) is 30.8 Å². The van der Waals surface area contributed by atoms with Gasteiger partial charge in [0.15, 0.2) is 12.1 Å². The molecule has 0 unspecified atom stereocenters. The van der Waals surface area contributed by atoms with E-state index in [4.69, 9.17) is 4.74 Å². The fraction of sp³-hybridized carbons (Fsp3) is 0.276. The van der Waals surface area contributed by atoms with Crippen molar-refractivity contribution >= 4 is 23.6 Å². The molecule has 2 atom stereocenters. The van der Waals surface area contributed by atoms with Crippen LogP contribution in [0.3, 0.4) is 0 Å². The number of amides is 3. The molecule has 0 aliphatic carbocycles. The molecule has 0 radical (unpaired) electrons. The van der Waals surface area contributed by atoms with Crippen molar-refractivity contribution in [2.45, 2.75) is 51.9 Å². The summed E-state index contributed by atoms with van der Waals surface area (Å²) >= 11 is 0. The molecule has 0 aromatic heterocycles. The molecular weight excluding hydrogens is 454 g/mol. The lowest BCUT2D eigenvalue weighted by Gasteiger charge is -2.25. The predicted molar refractivity (Wildman–Crippen MR) is 138 cm³/mol. The van der Waals surface area contributed by atoms with E-state index in [9.17, 15) is 14.4 Å². The number of hydrogen-bond donors (Lipinski definition) is 2. The standard InChI is InChI=1S/C29H31N3O4/c1-19(2)30-28(34)26-27(36-29(35)32(26)18-22-14-12-20(3)13-15-22)23-10-7-11-24(17-23)31-25(33)16-21-8-5-4-6-9-21/h4-15,17,19,26-27H,16,18H2,1-3H3,(H,30,34)(H,31,33)/t26-,27-/m0/s1. The van der Waals surface area contributed by atoms with Gasteiger partial charge in [-0.25, -0.2) is 4.79 Å². The smallest absolute Gasteiger partial charge is 0.411 e. The summed E-state index contributed by atoms with van der Waals surface area (Å²) in [5, 5.41) is 5.83. The quantitative estimate of drug-likeness (QED) is 0.481. The monoisotopic (exact) mass is 485 g/mol. The third-order valence-corrected chi connectivity index (χ3v) is 5.96. The maximum absolute atomic E-state index is 13.3. The molecule has 0 spiro atoms. The molecule has 1 aliphatic rings. The molecular formula is C29H31N3O4. The van der Waals surface area contributed by atoms with Crippen LogP contribution in [-0.2, 0) is 27.3 Å². The second-order valence-electron chi connectivity index (χ2n) is 9.36. The number of nitrogens with zero attached hydrogens (tertiary/aromatic N) is 1. The van der Waals surface area contributed by atoms with E-state index >= 15 is 0 Å². The highest BCUT2D eigenvalue weighted by Crippen LogP contribution is 2.35. The van der Waals surface area contributed by atoms with E-state index in [0.717, 1.165) is 16.7 Å². The largest absolute Gasteiger partial charge is 0.438 e. The topological polar surface area (TPSA) is 87.7 Å². The summed E-state index contributed by atoms with van der Waals surface area (Å²) in [6.45, 7) is 5.99. The van der Waals surface area contributed by atoms with Crippen molar-refractivity contribution in [2.75, 3.05) is 5.32 Å². The first-order valence-electron chi connectivity index (χ1n) is 12.1. The summed E-state index contributed by atoms with van der Waals surface area (Å²) in [5.41, 5.74) is 4.14. The highest BCUT2D eigenvalue weighted by molar-refractivity contribution is 5.92. The van der Waals surface area contributed by atoms with Gasteiger partial charge in [0.1, 0.15) is 0 Å². The minimum absolute atomic E-state index is 0.0984. The second kappa shape index (κ2) is 11.1. The zero-order valence-corrected chi connectivity index (χ0v) is 20.7. The molecule has 186 valence electrons. The molecule has 1 aliphatic heterocycles. The lowest BCUT2D eigenvalue weighted by Crippen LogP contribution is -2.48. The highest BCUT2D eigenvalue weighted by Gasteiger charge is 2.47. The maximum Gasteiger partial charge on any atom is 0.411 e. The molecule has 4 rings (SSSR count). The minimum Gasteiger partial charge on any atom is -0.438 e. The van der Waals surface area contributed by atoms with Gasteiger partial charge in [-0.15, -0.1) is 0 Å². The van der Waals surface area contributed by atoms with Gasteiger partial charge in [-0.3, -0.25) is 14.5 Å². The summed E-state index contributed by atoms with van der Waals surface area (Å²) in [6, 6.07) is 23.5. The van der Waals surface area contributed by atoms with E-state index in [2.05, 4.69) is 10.6 Å². The van der Waals surface area contributed by atoms with E-state index in [1.165, 1.54) is 4.90 Å². The van der Waals surface area contributed by atoms with Crippen LogP contribution >= 0.6 is 0 Å². The van der Waals surface area contributed by atoms with Crippen molar-refractivity contribution in [1.29, 1.82) is 0 Å². The lowest BCUT2D eigenvalue weighted by molar-refractivity contribution is -0.126. The zero-order chi connectivity index (χ0) is 25.7. The van der Waals surface area contributed by atoms with E-state index < -0.39 is 18.2 Å². The first kappa shape index (κ1) is 25.0. The van der Waals surface area contributed by atoms with Crippen LogP contribution in [0.25, 0.3) is 0 Å². The van der Waals surface area contributed by atoms with Gasteiger partial charge in [0.05, 0.1) is 13.0 Å². The molecule has 7 nitrogen and oxygen atoms in total. The molecule has 3 aromatic rings. The van der Waals surface area contributed by atoms with Crippen LogP contribution in [0.15, 0.2) is 78.9 Å². The fourth-order valence-corrected chi connectivity index (χ4v) is 4.25. The Labute approximate surface area is 211 Å². The number of aryl methyl sites for hydroxylation is 1. The van der Waals surface area contributed by atoms with E-state index in [1.54, 1.807) is 24.3 Å². The normalized spacial score (nSPS) is 17.1. The number of nitrogens with one attached hydrogen (secondary N) is 2. The third kappa shape index (κ3) is 6.10. The molecule has 7 heteroatoms. The van der Waals surface area contributed by atoms with Gasteiger partial charge in [0.2, 0.25) is 11.8 Å². The average molecular weight is 486 g/mol. The predicted octanol–water partition coefficient (Wildman–Crippen LogP) is 4.76. The molecule has 3 amide bonds. The van der Waals surface area contributed by atoms with Gasteiger partial charge in [0, 0.05) is 11.7 Å². The summed E-state index contributed by atoms with van der Waals surface area (Å²) < 4.78 is 5.74. The van der Waals surface area contributed by atoms with Gasteiger partial charge in [-0.1, -0.05) is 72.3 Å². The van der Waals surface area contributed by atoms with Crippen molar-refractivity contribution < 1.29 is 19.1 Å². The second-order valence-corrected chi connectivity index (χ2v) is 9.36. The van der Waals surface area contributed by atoms with Gasteiger partial charge in [0.25, 0.3) is 0 Å². The molecule has 0 bridgehead atoms. The molecule has 1 saturated heterocycles. The SMILES string of the molecule is Cc1ccc(CN2C(=O)O[C@@H](c3cccc(NC(=O)Cc4ccccc4)c3)[C@H]2C(=O)NC(C)C)cc1. The first-order valence-corrected chi connectivity index (χ1v) is 12.1. The van der Waals surface area contributed by atoms with Crippen LogP contribution < -0.4 is 10.6 Å². The fourth-order valence-electron chi connectivity index (χ4n) is 4.25. The Kier molecular flexibility index (Phi) is 7.68. The Morgan fingerprint density at radius 2 is 1.67 bits per heavy atom.